The number of benzene rings is 1. The largest absolute Gasteiger partial charge is 0.508 e. The van der Waals surface area contributed by atoms with Crippen molar-refractivity contribution in [2.24, 2.45) is 5.92 Å². The van der Waals surface area contributed by atoms with Gasteiger partial charge in [0, 0.05) is 12.8 Å². The molecule has 0 fully saturated rings. The monoisotopic (exact) mass is 310 g/mol. The van der Waals surface area contributed by atoms with Crippen molar-refractivity contribution >= 4 is 11.6 Å². The summed E-state index contributed by atoms with van der Waals surface area (Å²) in [5, 5.41) is 29.5. The molecule has 3 N–H and O–H groups in total. The van der Waals surface area contributed by atoms with Gasteiger partial charge >= 0.3 is 0 Å². The highest BCUT2D eigenvalue weighted by Crippen LogP contribution is 2.28. The average Bonchev–Trinajstić information content (AvgIpc) is 2.38. The summed E-state index contributed by atoms with van der Waals surface area (Å²) in [6, 6.07) is 4.51. The molecule has 0 aliphatic rings. The number of hydrogen-bond acceptors (Lipinski definition) is 3. The third-order valence-electron chi connectivity index (χ3n) is 3.32. The molecule has 4 heteroatoms. The second kappa shape index (κ2) is 8.26. The lowest BCUT2D eigenvalue weighted by molar-refractivity contribution is 0.125. The normalized spacial score (nSPS) is 13.7. The number of phenolic OH excluding ortho intramolecular Hbond substituents is 1. The van der Waals surface area contributed by atoms with E-state index in [9.17, 15) is 15.3 Å². The number of aliphatic hydroxyl groups is 2. The van der Waals surface area contributed by atoms with Gasteiger partial charge in [-0.2, -0.15) is 0 Å². The van der Waals surface area contributed by atoms with E-state index in [0.29, 0.717) is 23.4 Å². The first-order valence-corrected chi connectivity index (χ1v) is 7.44. The summed E-state index contributed by atoms with van der Waals surface area (Å²) >= 11 is 5.98. The number of aromatic hydroxyl groups is 1. The molecule has 0 aliphatic heterocycles. The Bertz CT molecular complexity index is 531. The molecule has 1 rings (SSSR count). The Morgan fingerprint density at radius 3 is 2.57 bits per heavy atom. The van der Waals surface area contributed by atoms with Gasteiger partial charge in [-0.3, -0.25) is 0 Å². The fourth-order valence-electron chi connectivity index (χ4n) is 1.87. The molecule has 0 amide bonds. The quantitative estimate of drug-likeness (QED) is 0.697. The van der Waals surface area contributed by atoms with Crippen molar-refractivity contribution in [2.75, 3.05) is 0 Å². The lowest BCUT2D eigenvalue weighted by Gasteiger charge is -2.13. The van der Waals surface area contributed by atoms with Gasteiger partial charge in [0.1, 0.15) is 5.75 Å². The molecule has 0 aliphatic carbocycles. The van der Waals surface area contributed by atoms with Crippen molar-refractivity contribution in [3.8, 4) is 5.75 Å². The maximum absolute atomic E-state index is 10.1. The maximum atomic E-state index is 10.1. The van der Waals surface area contributed by atoms with Crippen LogP contribution in [0.4, 0.5) is 0 Å². The van der Waals surface area contributed by atoms with E-state index in [1.165, 1.54) is 12.1 Å². The second-order valence-electron chi connectivity index (χ2n) is 5.60. The van der Waals surface area contributed by atoms with Crippen LogP contribution < -0.4 is 0 Å². The van der Waals surface area contributed by atoms with E-state index < -0.39 is 6.10 Å². The van der Waals surface area contributed by atoms with Gasteiger partial charge in [-0.1, -0.05) is 31.5 Å². The van der Waals surface area contributed by atoms with E-state index in [2.05, 4.69) is 5.73 Å². The van der Waals surface area contributed by atoms with Crippen molar-refractivity contribution in [2.45, 2.75) is 45.8 Å². The molecule has 1 aromatic rings. The molecule has 0 spiro atoms. The number of rotatable bonds is 6. The number of hydrogen-bond donors (Lipinski definition) is 3. The summed E-state index contributed by atoms with van der Waals surface area (Å²) in [4.78, 5) is 0. The Kier molecular flexibility index (Phi) is 7.00. The zero-order valence-corrected chi connectivity index (χ0v) is 13.4. The fourth-order valence-corrected chi connectivity index (χ4v) is 2.17. The summed E-state index contributed by atoms with van der Waals surface area (Å²) in [5.74, 6) is 0.285. The van der Waals surface area contributed by atoms with Crippen molar-refractivity contribution in [3.05, 3.63) is 46.2 Å². The zero-order chi connectivity index (χ0) is 16.0. The summed E-state index contributed by atoms with van der Waals surface area (Å²) in [5.41, 5.74) is 4.60. The standard InChI is InChI=1S/C17H23ClO3/c1-11(2)17(21)9-12(3)5-4-6-16(20)14-8-7-13(19)10-15(14)18/h4,7-8,10-11,16-17,19-21H,6,9H2,1-3H3/t5?,16-,17-/m1/s1. The van der Waals surface area contributed by atoms with Gasteiger partial charge < -0.3 is 15.3 Å². The van der Waals surface area contributed by atoms with Gasteiger partial charge in [0.25, 0.3) is 0 Å². The van der Waals surface area contributed by atoms with Gasteiger partial charge in [-0.25, -0.2) is 0 Å². The van der Waals surface area contributed by atoms with Crippen molar-refractivity contribution < 1.29 is 15.3 Å². The third-order valence-corrected chi connectivity index (χ3v) is 3.64. The highest BCUT2D eigenvalue weighted by Gasteiger charge is 2.11. The third kappa shape index (κ3) is 5.94. The van der Waals surface area contributed by atoms with Crippen LogP contribution in [0.1, 0.15) is 45.3 Å². The molecule has 0 saturated heterocycles. The number of phenols is 1. The Hall–Kier alpha value is -1.25. The first kappa shape index (κ1) is 17.8. The van der Waals surface area contributed by atoms with E-state index in [0.717, 1.165) is 5.57 Å². The predicted octanol–water partition coefficient (Wildman–Crippen LogP) is 3.98. The highest BCUT2D eigenvalue weighted by atomic mass is 35.5. The van der Waals surface area contributed by atoms with Crippen LogP contribution in [0.2, 0.25) is 5.02 Å². The van der Waals surface area contributed by atoms with Crippen LogP contribution in [0, 0.1) is 5.92 Å². The fraction of sp³-hybridized carbons (Fsp3) is 0.471. The molecule has 0 saturated carbocycles. The van der Waals surface area contributed by atoms with Crippen molar-refractivity contribution in [1.82, 2.24) is 0 Å². The zero-order valence-electron chi connectivity index (χ0n) is 12.7. The van der Waals surface area contributed by atoms with E-state index in [4.69, 9.17) is 11.6 Å². The minimum absolute atomic E-state index is 0.0740. The topological polar surface area (TPSA) is 60.7 Å². The van der Waals surface area contributed by atoms with Crippen molar-refractivity contribution in [3.63, 3.8) is 0 Å². The lowest BCUT2D eigenvalue weighted by Crippen LogP contribution is -2.14. The van der Waals surface area contributed by atoms with Crippen LogP contribution in [0.15, 0.2) is 35.6 Å². The van der Waals surface area contributed by atoms with Crippen LogP contribution in [0.25, 0.3) is 0 Å². The maximum Gasteiger partial charge on any atom is 0.117 e. The van der Waals surface area contributed by atoms with Crippen LogP contribution in [-0.2, 0) is 0 Å². The highest BCUT2D eigenvalue weighted by molar-refractivity contribution is 6.31. The number of aliphatic hydroxyl groups excluding tert-OH is 2. The molecule has 0 bridgehead atoms. The molecule has 0 unspecified atom stereocenters. The Balaban J connectivity index is 2.66. The molecule has 0 radical (unpaired) electrons. The van der Waals surface area contributed by atoms with E-state index >= 15 is 0 Å². The first-order chi connectivity index (χ1) is 9.81. The van der Waals surface area contributed by atoms with Crippen LogP contribution in [0.5, 0.6) is 5.75 Å². The van der Waals surface area contributed by atoms with E-state index in [1.54, 1.807) is 12.1 Å². The van der Waals surface area contributed by atoms with Crippen molar-refractivity contribution in [1.29, 1.82) is 0 Å². The van der Waals surface area contributed by atoms with E-state index in [1.807, 2.05) is 20.8 Å². The molecule has 21 heavy (non-hydrogen) atoms. The Labute approximate surface area is 131 Å². The van der Waals surface area contributed by atoms with Gasteiger partial charge in [0.2, 0.25) is 0 Å². The molecular weight excluding hydrogens is 288 g/mol. The Morgan fingerprint density at radius 2 is 2.00 bits per heavy atom. The summed E-state index contributed by atoms with van der Waals surface area (Å²) in [7, 11) is 0. The van der Waals surface area contributed by atoms with Gasteiger partial charge in [0.15, 0.2) is 0 Å². The minimum atomic E-state index is -0.742. The van der Waals surface area contributed by atoms with E-state index in [-0.39, 0.29) is 17.8 Å². The molecule has 2 atom stereocenters. The van der Waals surface area contributed by atoms with Crippen LogP contribution in [0.3, 0.4) is 0 Å². The Morgan fingerprint density at radius 1 is 1.33 bits per heavy atom. The predicted molar refractivity (Wildman–Crippen MR) is 85.4 cm³/mol. The summed E-state index contributed by atoms with van der Waals surface area (Å²) < 4.78 is 0. The second-order valence-corrected chi connectivity index (χ2v) is 6.01. The van der Waals surface area contributed by atoms with Crippen LogP contribution in [-0.4, -0.2) is 21.4 Å². The SMILES string of the molecule is CC(=C=CC[C@@H](O)c1ccc(O)cc1Cl)C[C@@H](O)C(C)C. The molecule has 116 valence electrons. The number of halogens is 1. The van der Waals surface area contributed by atoms with Gasteiger partial charge in [-0.15, -0.1) is 5.73 Å². The van der Waals surface area contributed by atoms with Crippen LogP contribution >= 0.6 is 11.6 Å². The smallest absolute Gasteiger partial charge is 0.117 e. The molecule has 1 aromatic carbocycles. The van der Waals surface area contributed by atoms with Gasteiger partial charge in [-0.05, 0) is 42.2 Å². The summed E-state index contributed by atoms with van der Waals surface area (Å²) in [6.45, 7) is 5.85. The van der Waals surface area contributed by atoms with Gasteiger partial charge in [0.05, 0.1) is 17.2 Å². The summed E-state index contributed by atoms with van der Waals surface area (Å²) in [6.07, 6.45) is 1.58. The average molecular weight is 311 g/mol. The first-order valence-electron chi connectivity index (χ1n) is 7.06. The molecule has 0 aromatic heterocycles. The molecule has 0 heterocycles. The minimum Gasteiger partial charge on any atom is -0.508 e. The molecule has 3 nitrogen and oxygen atoms in total. The molecular formula is C17H23ClO3. The lowest BCUT2D eigenvalue weighted by atomic mass is 10.0.